The number of amides is 1. The Balaban J connectivity index is 1.70. The number of hydrogen-bond donors (Lipinski definition) is 0. The lowest BCUT2D eigenvalue weighted by Gasteiger charge is -2.26. The van der Waals surface area contributed by atoms with Gasteiger partial charge in [-0.25, -0.2) is 8.42 Å². The van der Waals surface area contributed by atoms with Gasteiger partial charge in [-0.2, -0.15) is 5.10 Å². The molecule has 5 rings (SSSR count). The quantitative estimate of drug-likeness (QED) is 0.750. The Labute approximate surface area is 163 Å². The zero-order valence-corrected chi connectivity index (χ0v) is 16.2. The first-order valence-corrected chi connectivity index (χ1v) is 11.1. The Bertz CT molecular complexity index is 1030. The van der Waals surface area contributed by atoms with Gasteiger partial charge in [0.1, 0.15) is 0 Å². The van der Waals surface area contributed by atoms with E-state index in [4.69, 9.17) is 9.47 Å². The number of sulfone groups is 1. The maximum Gasteiger partial charge on any atom is 0.274 e. The van der Waals surface area contributed by atoms with Crippen LogP contribution < -0.4 is 0 Å². The number of fused-ring (bicyclic) bond motifs is 3. The van der Waals surface area contributed by atoms with E-state index in [-0.39, 0.29) is 23.4 Å². The molecule has 8 nitrogen and oxygen atoms in total. The van der Waals surface area contributed by atoms with Crippen molar-refractivity contribution in [2.75, 3.05) is 39.5 Å². The monoisotopic (exact) mass is 403 g/mol. The molecular formula is C19H21N3O5S. The molecule has 4 heterocycles. The van der Waals surface area contributed by atoms with E-state index >= 15 is 0 Å². The Morgan fingerprint density at radius 3 is 2.64 bits per heavy atom. The van der Waals surface area contributed by atoms with Gasteiger partial charge in [0.05, 0.1) is 42.2 Å². The number of morpholine rings is 1. The molecule has 0 N–H and O–H groups in total. The van der Waals surface area contributed by atoms with Gasteiger partial charge in [-0.1, -0.05) is 18.2 Å². The predicted octanol–water partition coefficient (Wildman–Crippen LogP) is 1.27. The topological polar surface area (TPSA) is 90.7 Å². The van der Waals surface area contributed by atoms with Crippen LogP contribution in [0.1, 0.15) is 28.5 Å². The van der Waals surface area contributed by atoms with E-state index in [0.29, 0.717) is 55.5 Å². The summed E-state index contributed by atoms with van der Waals surface area (Å²) in [6.45, 7) is 3.06. The average Bonchev–Trinajstić information content (AvgIpc) is 3.36. The largest absolute Gasteiger partial charge is 0.379 e. The van der Waals surface area contributed by atoms with Gasteiger partial charge in [0.15, 0.2) is 15.5 Å². The number of benzene rings is 1. The number of rotatable bonds is 2. The van der Waals surface area contributed by atoms with Crippen molar-refractivity contribution >= 4 is 15.7 Å². The zero-order valence-electron chi connectivity index (χ0n) is 15.3. The molecule has 1 amide bonds. The number of carbonyl (C=O) groups is 1. The molecule has 3 aliphatic heterocycles. The first-order chi connectivity index (χ1) is 13.6. The molecule has 3 aliphatic rings. The molecule has 0 saturated carbocycles. The summed E-state index contributed by atoms with van der Waals surface area (Å²) >= 11 is 0. The number of carbonyl (C=O) groups excluding carboxylic acids is 1. The van der Waals surface area contributed by atoms with Crippen molar-refractivity contribution in [1.29, 1.82) is 0 Å². The number of ether oxygens (including phenoxy) is 2. The Kier molecular flexibility index (Phi) is 4.26. The maximum absolute atomic E-state index is 13.2. The highest BCUT2D eigenvalue weighted by Gasteiger charge is 2.38. The van der Waals surface area contributed by atoms with Crippen LogP contribution in [0.4, 0.5) is 0 Å². The van der Waals surface area contributed by atoms with Crippen LogP contribution in [0.25, 0.3) is 11.3 Å². The van der Waals surface area contributed by atoms with Gasteiger partial charge in [0.2, 0.25) is 0 Å². The number of aromatic nitrogens is 2. The summed E-state index contributed by atoms with van der Waals surface area (Å²) < 4.78 is 38.5. The van der Waals surface area contributed by atoms with Gasteiger partial charge in [-0.3, -0.25) is 9.48 Å². The maximum atomic E-state index is 13.2. The predicted molar refractivity (Wildman–Crippen MR) is 99.7 cm³/mol. The first kappa shape index (κ1) is 17.8. The van der Waals surface area contributed by atoms with E-state index in [1.54, 1.807) is 23.1 Å². The molecule has 2 saturated heterocycles. The van der Waals surface area contributed by atoms with Gasteiger partial charge in [-0.15, -0.1) is 0 Å². The van der Waals surface area contributed by atoms with Crippen LogP contribution in [0.2, 0.25) is 0 Å². The van der Waals surface area contributed by atoms with Crippen molar-refractivity contribution < 1.29 is 22.7 Å². The molecule has 2 fully saturated rings. The van der Waals surface area contributed by atoms with Crippen molar-refractivity contribution in [3.8, 4) is 11.3 Å². The highest BCUT2D eigenvalue weighted by atomic mass is 32.2. The zero-order chi connectivity index (χ0) is 19.3. The summed E-state index contributed by atoms with van der Waals surface area (Å²) in [5.41, 5.74) is 2.09. The SMILES string of the molecule is O=C(c1nn(C2CCOC2)c2c1CS(=O)(=O)c1ccccc1-2)N1CCOCC1. The van der Waals surface area contributed by atoms with E-state index < -0.39 is 9.84 Å². The van der Waals surface area contributed by atoms with Crippen molar-refractivity contribution in [3.05, 3.63) is 35.5 Å². The summed E-state index contributed by atoms with van der Waals surface area (Å²) in [6, 6.07) is 6.95. The minimum atomic E-state index is -3.53. The van der Waals surface area contributed by atoms with Crippen LogP contribution in [0, 0.1) is 0 Å². The van der Waals surface area contributed by atoms with E-state index in [2.05, 4.69) is 5.10 Å². The molecule has 0 radical (unpaired) electrons. The normalized spacial score (nSPS) is 23.3. The summed E-state index contributed by atoms with van der Waals surface area (Å²) in [5.74, 6) is -0.440. The Morgan fingerprint density at radius 1 is 1.11 bits per heavy atom. The Hall–Kier alpha value is -2.23. The van der Waals surface area contributed by atoms with Crippen LogP contribution in [-0.4, -0.2) is 68.5 Å². The second-order valence-corrected chi connectivity index (χ2v) is 9.26. The fourth-order valence-corrected chi connectivity index (χ4v) is 5.75. The molecule has 28 heavy (non-hydrogen) atoms. The second kappa shape index (κ2) is 6.68. The van der Waals surface area contributed by atoms with Crippen LogP contribution in [0.5, 0.6) is 0 Å². The van der Waals surface area contributed by atoms with Crippen LogP contribution in [0.15, 0.2) is 29.2 Å². The van der Waals surface area contributed by atoms with E-state index in [9.17, 15) is 13.2 Å². The summed E-state index contributed by atoms with van der Waals surface area (Å²) in [4.78, 5) is 15.2. The second-order valence-electron chi connectivity index (χ2n) is 7.30. The molecule has 1 aromatic heterocycles. The lowest BCUT2D eigenvalue weighted by Crippen LogP contribution is -2.41. The van der Waals surface area contributed by atoms with Crippen LogP contribution in [-0.2, 0) is 25.1 Å². The number of nitrogens with zero attached hydrogens (tertiary/aromatic N) is 3. The van der Waals surface area contributed by atoms with Crippen LogP contribution in [0.3, 0.4) is 0 Å². The minimum Gasteiger partial charge on any atom is -0.379 e. The molecule has 1 unspecified atom stereocenters. The third kappa shape index (κ3) is 2.76. The highest BCUT2D eigenvalue weighted by Crippen LogP contribution is 2.41. The van der Waals surface area contributed by atoms with Gasteiger partial charge in [0, 0.05) is 30.8 Å². The third-order valence-corrected chi connectivity index (χ3v) is 7.27. The molecule has 0 aliphatic carbocycles. The highest BCUT2D eigenvalue weighted by molar-refractivity contribution is 7.90. The van der Waals surface area contributed by atoms with Gasteiger partial charge >= 0.3 is 0 Å². The summed E-state index contributed by atoms with van der Waals surface area (Å²) in [6.07, 6.45) is 0.786. The smallest absolute Gasteiger partial charge is 0.274 e. The standard InChI is InChI=1S/C19H21N3O5S/c23-19(21-6-9-26-10-7-21)17-15-12-28(24,25)16-4-2-1-3-14(16)18(15)22(20-17)13-5-8-27-11-13/h1-4,13H,5-12H2. The summed E-state index contributed by atoms with van der Waals surface area (Å²) in [7, 11) is -3.53. The fourth-order valence-electron chi connectivity index (χ4n) is 4.16. The lowest BCUT2D eigenvalue weighted by molar-refractivity contribution is 0.0297. The van der Waals surface area contributed by atoms with Crippen LogP contribution >= 0.6 is 0 Å². The average molecular weight is 403 g/mol. The first-order valence-electron chi connectivity index (χ1n) is 9.44. The molecule has 1 aromatic carbocycles. The van der Waals surface area contributed by atoms with E-state index in [1.165, 1.54) is 0 Å². The molecule has 2 aromatic rings. The van der Waals surface area contributed by atoms with Crippen molar-refractivity contribution in [2.45, 2.75) is 23.1 Å². The Morgan fingerprint density at radius 2 is 1.89 bits per heavy atom. The fraction of sp³-hybridized carbons (Fsp3) is 0.474. The molecule has 148 valence electrons. The van der Waals surface area contributed by atoms with Crippen molar-refractivity contribution in [2.24, 2.45) is 0 Å². The lowest BCUT2D eigenvalue weighted by atomic mass is 10.0. The molecular weight excluding hydrogens is 382 g/mol. The molecule has 1 atom stereocenters. The van der Waals surface area contributed by atoms with E-state index in [0.717, 1.165) is 12.1 Å². The molecule has 0 bridgehead atoms. The summed E-state index contributed by atoms with van der Waals surface area (Å²) in [5, 5.41) is 4.65. The van der Waals surface area contributed by atoms with Crippen molar-refractivity contribution in [3.63, 3.8) is 0 Å². The molecule has 9 heteroatoms. The van der Waals surface area contributed by atoms with Gasteiger partial charge in [0.25, 0.3) is 5.91 Å². The molecule has 0 spiro atoms. The van der Waals surface area contributed by atoms with E-state index in [1.807, 2.05) is 10.7 Å². The third-order valence-electron chi connectivity index (χ3n) is 5.57. The van der Waals surface area contributed by atoms with Crippen molar-refractivity contribution in [1.82, 2.24) is 14.7 Å². The minimum absolute atomic E-state index is 0.00570. The van der Waals surface area contributed by atoms with Gasteiger partial charge < -0.3 is 14.4 Å². The number of hydrogen-bond acceptors (Lipinski definition) is 6. The van der Waals surface area contributed by atoms with Gasteiger partial charge in [-0.05, 0) is 12.5 Å².